The Morgan fingerprint density at radius 1 is 1.12 bits per heavy atom. The van der Waals surface area contributed by atoms with Crippen molar-refractivity contribution in [1.29, 1.82) is 0 Å². The van der Waals surface area contributed by atoms with Crippen molar-refractivity contribution in [3.63, 3.8) is 0 Å². The van der Waals surface area contributed by atoms with Crippen molar-refractivity contribution in [2.45, 2.75) is 70.5 Å². The molecule has 9 atom stereocenters. The molecule has 13 heteroatoms. The Morgan fingerprint density at radius 3 is 2.51 bits per heavy atom. The van der Waals surface area contributed by atoms with E-state index in [-0.39, 0.29) is 49.6 Å². The molecule has 10 nitrogen and oxygen atoms in total. The minimum absolute atomic E-state index is 0.0196. The zero-order valence-electron chi connectivity index (χ0n) is 27.5. The molecule has 1 aromatic rings. The quantitative estimate of drug-likeness (QED) is 0.175. The van der Waals surface area contributed by atoms with Crippen LogP contribution >= 0.6 is 11.8 Å². The number of rotatable bonds is 8. The van der Waals surface area contributed by atoms with E-state index < -0.39 is 80.9 Å². The third-order valence-electron chi connectivity index (χ3n) is 10.8. The van der Waals surface area contributed by atoms with Crippen LogP contribution in [0.5, 0.6) is 0 Å². The van der Waals surface area contributed by atoms with Crippen LogP contribution in [0.4, 0.5) is 8.78 Å². The van der Waals surface area contributed by atoms with Crippen LogP contribution in [0.15, 0.2) is 58.8 Å². The Bertz CT molecular complexity index is 1670. The number of thioether (sulfide) groups is 1. The van der Waals surface area contributed by atoms with Crippen molar-refractivity contribution in [3.8, 4) is 11.8 Å². The highest BCUT2D eigenvalue weighted by Gasteiger charge is 2.78. The average Bonchev–Trinajstić information content (AvgIpc) is 3.67. The summed E-state index contributed by atoms with van der Waals surface area (Å²) < 4.78 is 54.6. The van der Waals surface area contributed by atoms with Crippen LogP contribution in [0.25, 0.3) is 0 Å². The van der Waals surface area contributed by atoms with E-state index in [9.17, 15) is 29.1 Å². The molecule has 0 amide bonds. The summed E-state index contributed by atoms with van der Waals surface area (Å²) in [5.74, 6) is -0.320. The molecule has 0 aliphatic heterocycles. The minimum atomic E-state index is -2.38. The highest BCUT2D eigenvalue weighted by Crippen LogP contribution is 2.72. The van der Waals surface area contributed by atoms with Crippen molar-refractivity contribution in [3.05, 3.63) is 60.1 Å². The molecule has 4 aliphatic rings. The van der Waals surface area contributed by atoms with Crippen LogP contribution < -0.4 is 0 Å². The summed E-state index contributed by atoms with van der Waals surface area (Å²) >= 11 is 0.753. The first kappa shape index (κ1) is 36.3. The Morgan fingerprint density at radius 2 is 1.84 bits per heavy atom. The van der Waals surface area contributed by atoms with Gasteiger partial charge < -0.3 is 23.7 Å². The van der Waals surface area contributed by atoms with Crippen LogP contribution in [0.1, 0.15) is 57.5 Å². The second-order valence-corrected chi connectivity index (χ2v) is 14.2. The van der Waals surface area contributed by atoms with Crippen LogP contribution in [0.2, 0.25) is 0 Å². The highest BCUT2D eigenvalue weighted by molar-refractivity contribution is 8.14. The number of carbonyl (C=O) groups excluding carboxylic acids is 5. The summed E-state index contributed by atoms with van der Waals surface area (Å²) in [4.78, 5) is 63.1. The van der Waals surface area contributed by atoms with Gasteiger partial charge in [0, 0.05) is 34.8 Å². The Kier molecular flexibility index (Phi) is 10.1. The van der Waals surface area contributed by atoms with Crippen molar-refractivity contribution < 1.29 is 56.5 Å². The smallest absolute Gasteiger partial charge is 0.375 e. The van der Waals surface area contributed by atoms with Gasteiger partial charge in [0.05, 0.1) is 24.7 Å². The normalized spacial score (nSPS) is 36.0. The molecule has 3 fully saturated rings. The maximum absolute atomic E-state index is 17.7. The van der Waals surface area contributed by atoms with E-state index in [2.05, 4.69) is 16.6 Å². The number of carbonyl (C=O) groups is 5. The van der Waals surface area contributed by atoms with E-state index in [1.165, 1.54) is 37.5 Å². The molecule has 1 N–H and O–H groups in total. The van der Waals surface area contributed by atoms with Crippen LogP contribution in [-0.2, 0) is 33.4 Å². The molecule has 0 unspecified atom stereocenters. The zero-order chi connectivity index (χ0) is 35.8. The number of halogens is 2. The van der Waals surface area contributed by atoms with Gasteiger partial charge in [0.2, 0.25) is 10.9 Å². The first-order valence-corrected chi connectivity index (χ1v) is 17.0. The summed E-state index contributed by atoms with van der Waals surface area (Å²) in [6.07, 6.45) is 2.91. The molecule has 0 spiro atoms. The highest BCUT2D eigenvalue weighted by atomic mass is 32.2. The predicted octanol–water partition coefficient (Wildman–Crippen LogP) is 4.67. The number of alkyl halides is 2. The van der Waals surface area contributed by atoms with Crippen molar-refractivity contribution in [2.24, 2.45) is 28.6 Å². The van der Waals surface area contributed by atoms with Crippen molar-refractivity contribution in [1.82, 2.24) is 0 Å². The summed E-state index contributed by atoms with van der Waals surface area (Å²) in [6.45, 7) is 6.31. The molecule has 0 saturated heterocycles. The average molecular weight is 701 g/mol. The van der Waals surface area contributed by atoms with Crippen molar-refractivity contribution in [2.75, 3.05) is 19.0 Å². The number of aliphatic hydroxyl groups excluding tert-OH is 1. The SMILES string of the molecule is CCOC(=O)/C=C/C(=O)OCC#CCSC(=O)[C@@]1(OC(=O)c2ccco2)[C@H](C)C[C@H]2[C@@H]3C[C@H](F)C4=CC(=O)C=C[C@]4(C)[C@@]3(F)[C@@H](O)C[C@@]21C. The maximum Gasteiger partial charge on any atom is 0.375 e. The third kappa shape index (κ3) is 5.97. The van der Waals surface area contributed by atoms with Gasteiger partial charge in [0.25, 0.3) is 0 Å². The second-order valence-electron chi connectivity index (χ2n) is 13.2. The van der Waals surface area contributed by atoms with E-state index in [0.717, 1.165) is 30.0 Å². The van der Waals surface area contributed by atoms with Crippen LogP contribution in [0, 0.1) is 40.4 Å². The molecule has 0 radical (unpaired) electrons. The number of aliphatic hydroxyl groups is 1. The largest absolute Gasteiger partial charge is 0.463 e. The van der Waals surface area contributed by atoms with Gasteiger partial charge in [-0.05, 0) is 68.9 Å². The number of allylic oxidation sites excluding steroid dienone is 4. The zero-order valence-corrected chi connectivity index (χ0v) is 28.4. The molecule has 49 heavy (non-hydrogen) atoms. The third-order valence-corrected chi connectivity index (χ3v) is 11.6. The number of fused-ring (bicyclic) bond motifs is 5. The van der Waals surface area contributed by atoms with E-state index in [1.54, 1.807) is 20.8 Å². The molecule has 3 saturated carbocycles. The summed E-state index contributed by atoms with van der Waals surface area (Å²) in [5, 5.41) is 11.2. The van der Waals surface area contributed by atoms with Gasteiger partial charge in [-0.1, -0.05) is 43.5 Å². The Balaban J connectivity index is 1.42. The molecular formula is C36H38F2O10S. The van der Waals surface area contributed by atoms with Gasteiger partial charge in [-0.25, -0.2) is 23.2 Å². The van der Waals surface area contributed by atoms with Gasteiger partial charge >= 0.3 is 17.9 Å². The lowest BCUT2D eigenvalue weighted by Gasteiger charge is -2.63. The Hall–Kier alpha value is -4.02. The van der Waals surface area contributed by atoms with Gasteiger partial charge in [0.15, 0.2) is 23.7 Å². The lowest BCUT2D eigenvalue weighted by molar-refractivity contribution is -0.221. The maximum atomic E-state index is 17.7. The van der Waals surface area contributed by atoms with Crippen LogP contribution in [-0.4, -0.2) is 76.4 Å². The molecule has 262 valence electrons. The molecule has 4 aliphatic carbocycles. The molecule has 1 aromatic heterocycles. The van der Waals surface area contributed by atoms with Gasteiger partial charge in [-0.2, -0.15) is 0 Å². The van der Waals surface area contributed by atoms with E-state index >= 15 is 8.78 Å². The summed E-state index contributed by atoms with van der Waals surface area (Å²) in [5.41, 5.74) is -7.27. The fraction of sp³-hybridized carbons (Fsp3) is 0.528. The fourth-order valence-electron chi connectivity index (χ4n) is 8.60. The molecule has 0 bridgehead atoms. The minimum Gasteiger partial charge on any atom is -0.463 e. The molecule has 5 rings (SSSR count). The van der Waals surface area contributed by atoms with E-state index in [4.69, 9.17) is 13.9 Å². The topological polar surface area (TPSA) is 146 Å². The number of ketones is 1. The second kappa shape index (κ2) is 13.7. The number of furan rings is 1. The van der Waals surface area contributed by atoms with Gasteiger partial charge in [0.1, 0.15) is 6.17 Å². The predicted molar refractivity (Wildman–Crippen MR) is 172 cm³/mol. The number of esters is 3. The standard InChI is InChI=1S/C36H38F2O10S/c1-5-45-29(41)10-11-30(42)47-14-6-7-16-49-32(44)36(48-31(43)27-9-8-15-46-27)21(2)17-23-24-19-26(37)25-18-22(39)12-13-33(25,3)35(24,38)28(40)20-34(23,36)4/h8-13,15,18,21,23-24,26,28,40H,5,14,16-17,19-20H2,1-4H3/b11-10+/t21-,23+,24+,26+,28+,33+,34+,35+,36+/m1/s1. The fourth-order valence-corrected chi connectivity index (χ4v) is 9.60. The van der Waals surface area contributed by atoms with E-state index in [0.29, 0.717) is 0 Å². The number of ether oxygens (including phenoxy) is 3. The summed E-state index contributed by atoms with van der Waals surface area (Å²) in [7, 11) is 0. The summed E-state index contributed by atoms with van der Waals surface area (Å²) in [6, 6.07) is 2.86. The van der Waals surface area contributed by atoms with Crippen LogP contribution in [0.3, 0.4) is 0 Å². The van der Waals surface area contributed by atoms with Gasteiger partial charge in [-0.3, -0.25) is 9.59 Å². The lowest BCUT2D eigenvalue weighted by Crippen LogP contribution is -2.70. The first-order valence-electron chi connectivity index (χ1n) is 16.0. The molecule has 1 heterocycles. The van der Waals surface area contributed by atoms with Gasteiger partial charge in [-0.15, -0.1) is 0 Å². The first-order chi connectivity index (χ1) is 23.2. The lowest BCUT2D eigenvalue weighted by atomic mass is 9.44. The molecule has 0 aromatic carbocycles. The number of hydrogen-bond acceptors (Lipinski definition) is 11. The van der Waals surface area contributed by atoms with E-state index in [1.807, 2.05) is 0 Å². The van der Waals surface area contributed by atoms with Crippen molar-refractivity contribution >= 4 is 40.6 Å². The molecular weight excluding hydrogens is 662 g/mol. The Labute approximate surface area is 286 Å². The number of hydrogen-bond donors (Lipinski definition) is 1. The monoisotopic (exact) mass is 700 g/mol.